The van der Waals surface area contributed by atoms with Crippen molar-refractivity contribution < 1.29 is 10.0 Å². The lowest BCUT2D eigenvalue weighted by Crippen LogP contribution is -2.00. The zero-order valence-electron chi connectivity index (χ0n) is 8.15. The monoisotopic (exact) mass is 220 g/mol. The topological polar surface area (TPSA) is 94.1 Å². The molecule has 0 aliphatic heterocycles. The van der Waals surface area contributed by atoms with Gasteiger partial charge in [-0.15, -0.1) is 5.10 Å². The molecule has 0 saturated heterocycles. The summed E-state index contributed by atoms with van der Waals surface area (Å²) in [4.78, 5) is 10.3. The van der Waals surface area contributed by atoms with Gasteiger partial charge in [0.25, 0.3) is 5.69 Å². The second-order valence-electron chi connectivity index (χ2n) is 3.06. The van der Waals surface area contributed by atoms with E-state index >= 15 is 0 Å². The highest BCUT2D eigenvalue weighted by Crippen LogP contribution is 2.21. The van der Waals surface area contributed by atoms with Crippen molar-refractivity contribution in [2.75, 3.05) is 0 Å². The molecule has 7 nitrogen and oxygen atoms in total. The molecule has 16 heavy (non-hydrogen) atoms. The largest absolute Gasteiger partial charge is 0.390 e. The summed E-state index contributed by atoms with van der Waals surface area (Å²) >= 11 is 0. The van der Waals surface area contributed by atoms with Crippen LogP contribution in [0.5, 0.6) is 0 Å². The van der Waals surface area contributed by atoms with E-state index in [9.17, 15) is 10.1 Å². The van der Waals surface area contributed by atoms with Crippen LogP contribution in [0.3, 0.4) is 0 Å². The molecule has 1 heterocycles. The van der Waals surface area contributed by atoms with E-state index in [0.29, 0.717) is 11.4 Å². The molecule has 0 radical (unpaired) electrons. The first-order valence-corrected chi connectivity index (χ1v) is 4.48. The predicted octanol–water partition coefficient (Wildman–Crippen LogP) is 0.668. The van der Waals surface area contributed by atoms with E-state index in [-0.39, 0.29) is 12.3 Å². The number of aliphatic hydroxyl groups is 1. The van der Waals surface area contributed by atoms with Gasteiger partial charge >= 0.3 is 0 Å². The van der Waals surface area contributed by atoms with E-state index < -0.39 is 4.92 Å². The minimum absolute atomic E-state index is 0.0584. The van der Waals surface area contributed by atoms with E-state index in [1.807, 2.05) is 0 Å². The van der Waals surface area contributed by atoms with Crippen LogP contribution in [0.25, 0.3) is 5.69 Å². The molecule has 0 fully saturated rings. The van der Waals surface area contributed by atoms with Crippen LogP contribution in [-0.2, 0) is 6.61 Å². The number of benzene rings is 1. The Morgan fingerprint density at radius 3 is 2.81 bits per heavy atom. The minimum atomic E-state index is -0.490. The highest BCUT2D eigenvalue weighted by Gasteiger charge is 2.15. The van der Waals surface area contributed by atoms with Crippen LogP contribution >= 0.6 is 0 Å². The molecule has 0 spiro atoms. The van der Waals surface area contributed by atoms with Crippen LogP contribution < -0.4 is 0 Å². The molecule has 7 heteroatoms. The van der Waals surface area contributed by atoms with Crippen molar-refractivity contribution in [1.29, 1.82) is 0 Å². The van der Waals surface area contributed by atoms with Gasteiger partial charge in [-0.1, -0.05) is 17.3 Å². The molecule has 0 aliphatic carbocycles. The third kappa shape index (κ3) is 1.75. The van der Waals surface area contributed by atoms with Crippen molar-refractivity contribution in [1.82, 2.24) is 15.0 Å². The minimum Gasteiger partial charge on any atom is -0.390 e. The van der Waals surface area contributed by atoms with Crippen molar-refractivity contribution in [3.05, 3.63) is 46.3 Å². The van der Waals surface area contributed by atoms with E-state index in [0.717, 1.165) is 0 Å². The molecule has 0 atom stereocenters. The maximum atomic E-state index is 10.8. The summed E-state index contributed by atoms with van der Waals surface area (Å²) in [5, 5.41) is 26.9. The zero-order chi connectivity index (χ0) is 11.5. The van der Waals surface area contributed by atoms with E-state index in [1.54, 1.807) is 18.2 Å². The Labute approximate surface area is 90.1 Å². The van der Waals surface area contributed by atoms with E-state index in [4.69, 9.17) is 5.11 Å². The second kappa shape index (κ2) is 4.07. The first kappa shape index (κ1) is 10.2. The molecule has 0 aliphatic rings. The lowest BCUT2D eigenvalue weighted by Gasteiger charge is -2.00. The smallest absolute Gasteiger partial charge is 0.294 e. The second-order valence-corrected chi connectivity index (χ2v) is 3.06. The fourth-order valence-electron chi connectivity index (χ4n) is 1.30. The Morgan fingerprint density at radius 1 is 1.44 bits per heavy atom. The maximum Gasteiger partial charge on any atom is 0.294 e. The van der Waals surface area contributed by atoms with Gasteiger partial charge in [-0.05, 0) is 6.07 Å². The molecular weight excluding hydrogens is 212 g/mol. The quantitative estimate of drug-likeness (QED) is 0.605. The number of rotatable bonds is 3. The molecule has 1 N–H and O–H groups in total. The summed E-state index contributed by atoms with van der Waals surface area (Å²) in [6.07, 6.45) is 1.45. The third-order valence-corrected chi connectivity index (χ3v) is 2.03. The number of hydrogen-bond donors (Lipinski definition) is 1. The van der Waals surface area contributed by atoms with Crippen LogP contribution in [0, 0.1) is 10.1 Å². The standard InChI is InChI=1S/C9H8N4O3/c14-6-7-5-12(11-10-7)8-3-1-2-4-9(8)13(15)16/h1-5,14H,6H2. The van der Waals surface area contributed by atoms with Crippen molar-refractivity contribution in [2.24, 2.45) is 0 Å². The average molecular weight is 220 g/mol. The molecule has 2 rings (SSSR count). The molecule has 0 unspecified atom stereocenters. The van der Waals surface area contributed by atoms with Crippen molar-refractivity contribution in [3.8, 4) is 5.69 Å². The molecule has 1 aromatic heterocycles. The summed E-state index contributed by atoms with van der Waals surface area (Å²) in [6, 6.07) is 6.19. The van der Waals surface area contributed by atoms with Crippen molar-refractivity contribution in [3.63, 3.8) is 0 Å². The Morgan fingerprint density at radius 2 is 2.19 bits per heavy atom. The number of nitro groups is 1. The lowest BCUT2D eigenvalue weighted by atomic mass is 10.3. The molecule has 0 saturated carbocycles. The van der Waals surface area contributed by atoms with Gasteiger partial charge < -0.3 is 5.11 Å². The number of para-hydroxylation sites is 2. The van der Waals surface area contributed by atoms with E-state index in [2.05, 4.69) is 10.3 Å². The maximum absolute atomic E-state index is 10.8. The SMILES string of the molecule is O=[N+]([O-])c1ccccc1-n1cc(CO)nn1. The molecule has 1 aromatic carbocycles. The lowest BCUT2D eigenvalue weighted by molar-refractivity contribution is -0.384. The number of nitro benzene ring substituents is 1. The van der Waals surface area contributed by atoms with Gasteiger partial charge in [0.1, 0.15) is 11.4 Å². The summed E-state index contributed by atoms with van der Waals surface area (Å²) < 4.78 is 1.27. The summed E-state index contributed by atoms with van der Waals surface area (Å²) in [5.41, 5.74) is 0.620. The number of aliphatic hydroxyl groups excluding tert-OH is 1. The Bertz CT molecular complexity index is 523. The van der Waals surface area contributed by atoms with Crippen LogP contribution in [-0.4, -0.2) is 25.0 Å². The Hall–Kier alpha value is -2.28. The van der Waals surface area contributed by atoms with Gasteiger partial charge in [0.05, 0.1) is 17.7 Å². The van der Waals surface area contributed by atoms with Crippen LogP contribution in [0.2, 0.25) is 0 Å². The van der Waals surface area contributed by atoms with Gasteiger partial charge in [-0.2, -0.15) is 0 Å². The molecule has 82 valence electrons. The molecular formula is C9H8N4O3. The summed E-state index contributed by atoms with van der Waals surface area (Å²) in [7, 11) is 0. The highest BCUT2D eigenvalue weighted by molar-refractivity contribution is 5.51. The van der Waals surface area contributed by atoms with Gasteiger partial charge in [-0.3, -0.25) is 10.1 Å². The van der Waals surface area contributed by atoms with Gasteiger partial charge in [0.15, 0.2) is 0 Å². The van der Waals surface area contributed by atoms with Gasteiger partial charge in [0.2, 0.25) is 0 Å². The fourth-order valence-corrected chi connectivity index (χ4v) is 1.30. The van der Waals surface area contributed by atoms with Gasteiger partial charge in [-0.25, -0.2) is 4.68 Å². The summed E-state index contributed by atoms with van der Waals surface area (Å²) in [5.74, 6) is 0. The van der Waals surface area contributed by atoms with Crippen molar-refractivity contribution >= 4 is 5.69 Å². The first-order chi connectivity index (χ1) is 7.72. The third-order valence-electron chi connectivity index (χ3n) is 2.03. The van der Waals surface area contributed by atoms with Gasteiger partial charge in [0, 0.05) is 6.07 Å². The normalized spacial score (nSPS) is 10.3. The number of hydrogen-bond acceptors (Lipinski definition) is 5. The Balaban J connectivity index is 2.50. The zero-order valence-corrected chi connectivity index (χ0v) is 8.15. The average Bonchev–Trinajstić information content (AvgIpc) is 2.77. The van der Waals surface area contributed by atoms with Crippen LogP contribution in [0.4, 0.5) is 5.69 Å². The first-order valence-electron chi connectivity index (χ1n) is 4.48. The number of aromatic nitrogens is 3. The van der Waals surface area contributed by atoms with Crippen molar-refractivity contribution in [2.45, 2.75) is 6.61 Å². The predicted molar refractivity (Wildman–Crippen MR) is 53.9 cm³/mol. The van der Waals surface area contributed by atoms with Crippen LogP contribution in [0.1, 0.15) is 5.69 Å². The Kier molecular flexibility index (Phi) is 2.61. The number of nitrogens with zero attached hydrogens (tertiary/aromatic N) is 4. The fraction of sp³-hybridized carbons (Fsp3) is 0.111. The van der Waals surface area contributed by atoms with E-state index in [1.165, 1.54) is 16.9 Å². The molecule has 2 aromatic rings. The molecule has 0 bridgehead atoms. The van der Waals surface area contributed by atoms with Crippen LogP contribution in [0.15, 0.2) is 30.5 Å². The summed E-state index contributed by atoms with van der Waals surface area (Å²) in [6.45, 7) is -0.249. The highest BCUT2D eigenvalue weighted by atomic mass is 16.6. The molecule has 0 amide bonds.